The van der Waals surface area contributed by atoms with Gasteiger partial charge in [-0.2, -0.15) is 0 Å². The van der Waals surface area contributed by atoms with Gasteiger partial charge in [-0.05, 0) is 55.7 Å². The fourth-order valence-corrected chi connectivity index (χ4v) is 4.36. The molecule has 154 valence electrons. The largest absolute Gasteiger partial charge is 0.494 e. The summed E-state index contributed by atoms with van der Waals surface area (Å²) < 4.78 is 5.93. The van der Waals surface area contributed by atoms with Crippen LogP contribution in [-0.4, -0.2) is 46.2 Å². The van der Waals surface area contributed by atoms with E-state index in [1.807, 2.05) is 36.7 Å². The molecule has 4 aromatic rings. The topological polar surface area (TPSA) is 61.4 Å². The van der Waals surface area contributed by atoms with Gasteiger partial charge in [-0.15, -0.1) is 0 Å². The molecule has 30 heavy (non-hydrogen) atoms. The molecule has 0 unspecified atom stereocenters. The Morgan fingerprint density at radius 3 is 2.80 bits per heavy atom. The van der Waals surface area contributed by atoms with E-state index in [0.717, 1.165) is 66.6 Å². The number of nitrogens with zero attached hydrogens (tertiary/aromatic N) is 2. The van der Waals surface area contributed by atoms with Gasteiger partial charge in [0.05, 0.1) is 17.7 Å². The Labute approximate surface area is 176 Å². The molecule has 3 heterocycles. The zero-order valence-corrected chi connectivity index (χ0v) is 17.1. The van der Waals surface area contributed by atoms with E-state index in [-0.39, 0.29) is 0 Å². The van der Waals surface area contributed by atoms with Crippen LogP contribution in [0.5, 0.6) is 5.75 Å². The van der Waals surface area contributed by atoms with Crippen LogP contribution in [0.15, 0.2) is 67.0 Å². The minimum Gasteiger partial charge on any atom is -0.494 e. The number of hydrogen-bond donors (Lipinski definition) is 2. The molecule has 1 fully saturated rings. The molecule has 0 radical (unpaired) electrons. The number of benzene rings is 2. The highest BCUT2D eigenvalue weighted by atomic mass is 16.5. The molecule has 5 heteroatoms. The summed E-state index contributed by atoms with van der Waals surface area (Å²) in [6, 6.07) is 18.3. The van der Waals surface area contributed by atoms with Crippen molar-refractivity contribution >= 4 is 21.8 Å². The quantitative estimate of drug-likeness (QED) is 0.468. The van der Waals surface area contributed by atoms with Crippen LogP contribution in [0.4, 0.5) is 0 Å². The fraction of sp³-hybridized carbons (Fsp3) is 0.320. The first-order chi connectivity index (χ1) is 14.7. The summed E-state index contributed by atoms with van der Waals surface area (Å²) >= 11 is 0. The van der Waals surface area contributed by atoms with Gasteiger partial charge in [0.1, 0.15) is 5.75 Å². The normalized spacial score (nSPS) is 16.8. The molecule has 5 rings (SSSR count). The van der Waals surface area contributed by atoms with Crippen LogP contribution in [0.25, 0.3) is 21.8 Å². The van der Waals surface area contributed by atoms with E-state index < -0.39 is 5.60 Å². The van der Waals surface area contributed by atoms with Gasteiger partial charge in [0, 0.05) is 53.9 Å². The number of fused-ring (bicyclic) bond motifs is 2. The maximum Gasteiger partial charge on any atom is 0.120 e. The number of pyridine rings is 1. The average molecular weight is 402 g/mol. The van der Waals surface area contributed by atoms with Crippen LogP contribution >= 0.6 is 0 Å². The third kappa shape index (κ3) is 3.91. The van der Waals surface area contributed by atoms with Crippen LogP contribution in [0, 0.1) is 0 Å². The summed E-state index contributed by atoms with van der Waals surface area (Å²) in [5, 5.41) is 13.5. The summed E-state index contributed by atoms with van der Waals surface area (Å²) in [5.41, 5.74) is 2.25. The second-order valence-corrected chi connectivity index (χ2v) is 8.22. The van der Waals surface area contributed by atoms with Crippen LogP contribution < -0.4 is 4.74 Å². The van der Waals surface area contributed by atoms with Crippen molar-refractivity contribution in [1.29, 1.82) is 0 Å². The first-order valence-corrected chi connectivity index (χ1v) is 10.7. The predicted molar refractivity (Wildman–Crippen MR) is 120 cm³/mol. The Bertz CT molecular complexity index is 1150. The number of rotatable bonds is 6. The maximum atomic E-state index is 11.2. The zero-order valence-electron chi connectivity index (χ0n) is 17.1. The molecule has 5 nitrogen and oxygen atoms in total. The zero-order chi connectivity index (χ0) is 20.4. The van der Waals surface area contributed by atoms with E-state index in [9.17, 15) is 5.11 Å². The number of ether oxygens (including phenoxy) is 1. The van der Waals surface area contributed by atoms with Crippen molar-refractivity contribution in [2.75, 3.05) is 26.2 Å². The minimum absolute atomic E-state index is 0.700. The first-order valence-electron chi connectivity index (χ1n) is 10.7. The number of nitrogens with one attached hydrogen (secondary N) is 1. The van der Waals surface area contributed by atoms with Crippen molar-refractivity contribution in [3.05, 3.63) is 72.6 Å². The van der Waals surface area contributed by atoms with E-state index in [1.54, 1.807) is 0 Å². The van der Waals surface area contributed by atoms with Gasteiger partial charge in [0.25, 0.3) is 0 Å². The summed E-state index contributed by atoms with van der Waals surface area (Å²) in [6.45, 7) is 3.46. The van der Waals surface area contributed by atoms with Crippen molar-refractivity contribution in [3.8, 4) is 5.75 Å². The molecule has 0 bridgehead atoms. The molecule has 1 aliphatic rings. The van der Waals surface area contributed by atoms with Gasteiger partial charge in [0.15, 0.2) is 0 Å². The summed E-state index contributed by atoms with van der Waals surface area (Å²) in [6.07, 6.45) is 6.23. The SMILES string of the molecule is OC1(c2cnc3ccccc3c2)CCN(CCCOc2ccc3[nH]ccc3c2)CC1. The highest BCUT2D eigenvalue weighted by Gasteiger charge is 2.34. The number of para-hydroxylation sites is 1. The second-order valence-electron chi connectivity index (χ2n) is 8.22. The number of aromatic amines is 1. The lowest BCUT2D eigenvalue weighted by Gasteiger charge is -2.38. The molecule has 0 amide bonds. The first kappa shape index (κ1) is 19.1. The van der Waals surface area contributed by atoms with Gasteiger partial charge in [-0.3, -0.25) is 4.98 Å². The Kier molecular flexibility index (Phi) is 5.15. The van der Waals surface area contributed by atoms with Gasteiger partial charge in [0.2, 0.25) is 0 Å². The highest BCUT2D eigenvalue weighted by Crippen LogP contribution is 2.33. The molecule has 2 aromatic heterocycles. The molecular weight excluding hydrogens is 374 g/mol. The van der Waals surface area contributed by atoms with Crippen LogP contribution in [0.3, 0.4) is 0 Å². The number of hydrogen-bond acceptors (Lipinski definition) is 4. The van der Waals surface area contributed by atoms with E-state index >= 15 is 0 Å². The molecule has 1 saturated heterocycles. The molecular formula is C25H27N3O2. The van der Waals surface area contributed by atoms with Crippen molar-refractivity contribution in [2.45, 2.75) is 24.9 Å². The molecule has 0 saturated carbocycles. The lowest BCUT2D eigenvalue weighted by atomic mass is 9.85. The third-order valence-corrected chi connectivity index (χ3v) is 6.22. The van der Waals surface area contributed by atoms with E-state index in [4.69, 9.17) is 4.74 Å². The molecule has 0 spiro atoms. The van der Waals surface area contributed by atoms with Crippen molar-refractivity contribution in [3.63, 3.8) is 0 Å². The molecule has 2 aromatic carbocycles. The van der Waals surface area contributed by atoms with Crippen LogP contribution in [0.2, 0.25) is 0 Å². The minimum atomic E-state index is -0.782. The Morgan fingerprint density at radius 1 is 1.03 bits per heavy atom. The number of aromatic nitrogens is 2. The van der Waals surface area contributed by atoms with Gasteiger partial charge in [-0.25, -0.2) is 0 Å². The lowest BCUT2D eigenvalue weighted by molar-refractivity contribution is -0.0266. The lowest BCUT2D eigenvalue weighted by Crippen LogP contribution is -2.43. The number of piperidine rings is 1. The van der Waals surface area contributed by atoms with Gasteiger partial charge in [-0.1, -0.05) is 18.2 Å². The van der Waals surface area contributed by atoms with E-state index in [2.05, 4.69) is 45.2 Å². The standard InChI is InChI=1S/C25H27N3O2/c29-25(21-16-19-4-1-2-5-23(19)27-18-21)9-13-28(14-10-25)12-3-15-30-22-6-7-24-20(17-22)8-11-26-24/h1-2,4-8,11,16-18,26,29H,3,9-10,12-15H2. The average Bonchev–Trinajstić information content (AvgIpc) is 3.26. The molecule has 0 aliphatic carbocycles. The van der Waals surface area contributed by atoms with E-state index in [0.29, 0.717) is 6.61 Å². The number of aliphatic hydroxyl groups is 1. The number of H-pyrrole nitrogens is 1. The molecule has 2 N–H and O–H groups in total. The Morgan fingerprint density at radius 2 is 1.90 bits per heavy atom. The van der Waals surface area contributed by atoms with Crippen molar-refractivity contribution < 1.29 is 9.84 Å². The van der Waals surface area contributed by atoms with Crippen molar-refractivity contribution in [1.82, 2.24) is 14.9 Å². The maximum absolute atomic E-state index is 11.2. The Balaban J connectivity index is 1.12. The van der Waals surface area contributed by atoms with Crippen LogP contribution in [-0.2, 0) is 5.60 Å². The predicted octanol–water partition coefficient (Wildman–Crippen LogP) is 4.47. The smallest absolute Gasteiger partial charge is 0.120 e. The van der Waals surface area contributed by atoms with Crippen LogP contribution in [0.1, 0.15) is 24.8 Å². The summed E-state index contributed by atoms with van der Waals surface area (Å²) in [4.78, 5) is 10.1. The summed E-state index contributed by atoms with van der Waals surface area (Å²) in [7, 11) is 0. The summed E-state index contributed by atoms with van der Waals surface area (Å²) in [5.74, 6) is 0.916. The van der Waals surface area contributed by atoms with Crippen molar-refractivity contribution in [2.24, 2.45) is 0 Å². The third-order valence-electron chi connectivity index (χ3n) is 6.22. The monoisotopic (exact) mass is 401 g/mol. The molecule has 0 atom stereocenters. The van der Waals surface area contributed by atoms with E-state index in [1.165, 1.54) is 5.39 Å². The number of likely N-dealkylation sites (tertiary alicyclic amines) is 1. The highest BCUT2D eigenvalue weighted by molar-refractivity contribution is 5.80. The fourth-order valence-electron chi connectivity index (χ4n) is 4.36. The second kappa shape index (κ2) is 8.09. The Hall–Kier alpha value is -2.89. The van der Waals surface area contributed by atoms with Gasteiger partial charge >= 0.3 is 0 Å². The van der Waals surface area contributed by atoms with Gasteiger partial charge < -0.3 is 19.7 Å². The molecule has 1 aliphatic heterocycles.